The Balaban J connectivity index is 2.79. The van der Waals surface area contributed by atoms with Crippen LogP contribution >= 0.6 is 0 Å². The molecule has 0 aliphatic heterocycles. The van der Waals surface area contributed by atoms with Gasteiger partial charge < -0.3 is 10.1 Å². The van der Waals surface area contributed by atoms with Crippen LogP contribution in [0.4, 0.5) is 0 Å². The summed E-state index contributed by atoms with van der Waals surface area (Å²) in [5.74, 6) is -0.881. The number of nitrogens with one attached hydrogen (secondary N) is 1. The van der Waals surface area contributed by atoms with Crippen LogP contribution in [0.25, 0.3) is 10.9 Å². The van der Waals surface area contributed by atoms with Crippen LogP contribution in [0, 0.1) is 0 Å². The average molecular weight is 217 g/mol. The lowest BCUT2D eigenvalue weighted by Crippen LogP contribution is -2.13. The van der Waals surface area contributed by atoms with Gasteiger partial charge in [-0.2, -0.15) is 0 Å². The number of aromatic amines is 1. The summed E-state index contributed by atoms with van der Waals surface area (Å²) in [5, 5.41) is 10.0. The van der Waals surface area contributed by atoms with Crippen molar-refractivity contribution < 1.29 is 9.90 Å². The fourth-order valence-electron chi connectivity index (χ4n) is 1.89. The molecule has 2 N–H and O–H groups in total. The maximum Gasteiger partial charge on any atom is 0.335 e. The lowest BCUT2D eigenvalue weighted by molar-refractivity contribution is 0.0697. The largest absolute Gasteiger partial charge is 0.478 e. The average Bonchev–Trinajstić information content (AvgIpc) is 2.61. The van der Waals surface area contributed by atoms with Gasteiger partial charge in [0.15, 0.2) is 0 Å². The highest BCUT2D eigenvalue weighted by Gasteiger charge is 2.20. The van der Waals surface area contributed by atoms with Gasteiger partial charge in [-0.15, -0.1) is 0 Å². The summed E-state index contributed by atoms with van der Waals surface area (Å²) in [6.45, 7) is 6.23. The van der Waals surface area contributed by atoms with Gasteiger partial charge in [-0.05, 0) is 29.2 Å². The maximum absolute atomic E-state index is 11.0. The number of rotatable bonds is 1. The van der Waals surface area contributed by atoms with Gasteiger partial charge in [-0.3, -0.25) is 0 Å². The summed E-state index contributed by atoms with van der Waals surface area (Å²) in [7, 11) is 0. The standard InChI is InChI=1S/C13H15NO2/c1-13(2,3)10-7-9(12(15)16)6-8-4-5-14-11(8)10/h4-7,14H,1-3H3,(H,15,16). The van der Waals surface area contributed by atoms with Crippen molar-refractivity contribution in [1.29, 1.82) is 0 Å². The molecular formula is C13H15NO2. The van der Waals surface area contributed by atoms with E-state index < -0.39 is 5.97 Å². The number of benzene rings is 1. The van der Waals surface area contributed by atoms with Crippen LogP contribution in [-0.2, 0) is 5.41 Å². The van der Waals surface area contributed by atoms with E-state index in [-0.39, 0.29) is 5.41 Å². The number of aromatic nitrogens is 1. The molecule has 2 aromatic rings. The van der Waals surface area contributed by atoms with Crippen LogP contribution in [0.1, 0.15) is 36.7 Å². The van der Waals surface area contributed by atoms with Crippen molar-refractivity contribution in [2.75, 3.05) is 0 Å². The molecule has 0 bridgehead atoms. The van der Waals surface area contributed by atoms with Crippen molar-refractivity contribution in [3.8, 4) is 0 Å². The monoisotopic (exact) mass is 217 g/mol. The van der Waals surface area contributed by atoms with Crippen molar-refractivity contribution in [3.05, 3.63) is 35.5 Å². The van der Waals surface area contributed by atoms with E-state index in [2.05, 4.69) is 25.8 Å². The Bertz CT molecular complexity index is 547. The van der Waals surface area contributed by atoms with E-state index in [9.17, 15) is 4.79 Å². The molecule has 1 aromatic carbocycles. The Labute approximate surface area is 94.1 Å². The second-order valence-corrected chi connectivity index (χ2v) is 5.02. The Kier molecular flexibility index (Phi) is 2.26. The van der Waals surface area contributed by atoms with Crippen molar-refractivity contribution in [1.82, 2.24) is 4.98 Å². The Hall–Kier alpha value is -1.77. The zero-order valence-corrected chi connectivity index (χ0v) is 9.66. The van der Waals surface area contributed by atoms with Gasteiger partial charge in [0.05, 0.1) is 5.56 Å². The van der Waals surface area contributed by atoms with Crippen LogP contribution in [0.15, 0.2) is 24.4 Å². The third kappa shape index (κ3) is 1.69. The maximum atomic E-state index is 11.0. The third-order valence-electron chi connectivity index (χ3n) is 2.71. The summed E-state index contributed by atoms with van der Waals surface area (Å²) in [4.78, 5) is 14.2. The van der Waals surface area contributed by atoms with Gasteiger partial charge in [0, 0.05) is 17.1 Å². The number of carbonyl (C=O) groups is 1. The Morgan fingerprint density at radius 1 is 1.31 bits per heavy atom. The summed E-state index contributed by atoms with van der Waals surface area (Å²) in [6.07, 6.45) is 1.84. The molecule has 0 fully saturated rings. The number of fused-ring (bicyclic) bond motifs is 1. The Morgan fingerprint density at radius 2 is 2.00 bits per heavy atom. The molecule has 0 spiro atoms. The molecular weight excluding hydrogens is 202 g/mol. The summed E-state index contributed by atoms with van der Waals surface area (Å²) >= 11 is 0. The van der Waals surface area contributed by atoms with Crippen LogP contribution in [0.3, 0.4) is 0 Å². The van der Waals surface area contributed by atoms with Crippen LogP contribution in [0.5, 0.6) is 0 Å². The molecule has 0 amide bonds. The van der Waals surface area contributed by atoms with E-state index in [0.717, 1.165) is 16.5 Å². The third-order valence-corrected chi connectivity index (χ3v) is 2.71. The van der Waals surface area contributed by atoms with Crippen LogP contribution in [-0.4, -0.2) is 16.1 Å². The molecule has 0 saturated carbocycles. The molecule has 1 heterocycles. The van der Waals surface area contributed by atoms with Crippen molar-refractivity contribution in [2.45, 2.75) is 26.2 Å². The molecule has 0 aliphatic carbocycles. The smallest absolute Gasteiger partial charge is 0.335 e. The molecule has 3 nitrogen and oxygen atoms in total. The van der Waals surface area contributed by atoms with E-state index in [1.807, 2.05) is 12.3 Å². The van der Waals surface area contributed by atoms with Gasteiger partial charge in [-0.1, -0.05) is 20.8 Å². The molecule has 0 atom stereocenters. The fourth-order valence-corrected chi connectivity index (χ4v) is 1.89. The number of aromatic carboxylic acids is 1. The van der Waals surface area contributed by atoms with Crippen molar-refractivity contribution in [2.24, 2.45) is 0 Å². The van der Waals surface area contributed by atoms with E-state index in [4.69, 9.17) is 5.11 Å². The van der Waals surface area contributed by atoms with Crippen molar-refractivity contribution >= 4 is 16.9 Å². The minimum absolute atomic E-state index is 0.0748. The molecule has 0 aliphatic rings. The normalized spacial score (nSPS) is 11.9. The highest BCUT2D eigenvalue weighted by atomic mass is 16.4. The first-order chi connectivity index (χ1) is 7.39. The minimum Gasteiger partial charge on any atom is -0.478 e. The molecule has 3 heteroatoms. The molecule has 1 aromatic heterocycles. The quantitative estimate of drug-likeness (QED) is 0.770. The first-order valence-electron chi connectivity index (χ1n) is 5.24. The second kappa shape index (κ2) is 3.37. The number of hydrogen-bond acceptors (Lipinski definition) is 1. The SMILES string of the molecule is CC(C)(C)c1cc(C(=O)O)cc2cc[nH]c12. The number of hydrogen-bond donors (Lipinski definition) is 2. The first kappa shape index (κ1) is 10.7. The zero-order chi connectivity index (χ0) is 11.9. The molecule has 2 rings (SSSR count). The molecule has 0 saturated heterocycles. The van der Waals surface area contributed by atoms with E-state index in [1.165, 1.54) is 0 Å². The van der Waals surface area contributed by atoms with E-state index >= 15 is 0 Å². The summed E-state index contributed by atoms with van der Waals surface area (Å²) in [6, 6.07) is 5.35. The van der Waals surface area contributed by atoms with Gasteiger partial charge in [0.1, 0.15) is 0 Å². The predicted molar refractivity (Wildman–Crippen MR) is 64.0 cm³/mol. The summed E-state index contributed by atoms with van der Waals surface area (Å²) < 4.78 is 0. The van der Waals surface area contributed by atoms with Crippen LogP contribution in [0.2, 0.25) is 0 Å². The Morgan fingerprint density at radius 3 is 2.56 bits per heavy atom. The fraction of sp³-hybridized carbons (Fsp3) is 0.308. The second-order valence-electron chi connectivity index (χ2n) is 5.02. The number of carboxylic acid groups (broad SMARTS) is 1. The number of carboxylic acids is 1. The summed E-state index contributed by atoms with van der Waals surface area (Å²) in [5.41, 5.74) is 2.33. The van der Waals surface area contributed by atoms with Gasteiger partial charge in [0.2, 0.25) is 0 Å². The predicted octanol–water partition coefficient (Wildman–Crippen LogP) is 3.16. The lowest BCUT2D eigenvalue weighted by Gasteiger charge is -2.20. The lowest BCUT2D eigenvalue weighted by atomic mass is 9.84. The minimum atomic E-state index is -0.881. The first-order valence-corrected chi connectivity index (χ1v) is 5.24. The highest BCUT2D eigenvalue weighted by molar-refractivity contribution is 5.95. The van der Waals surface area contributed by atoms with Gasteiger partial charge in [-0.25, -0.2) is 4.79 Å². The molecule has 16 heavy (non-hydrogen) atoms. The zero-order valence-electron chi connectivity index (χ0n) is 9.66. The molecule has 84 valence electrons. The molecule has 0 radical (unpaired) electrons. The molecule has 0 unspecified atom stereocenters. The van der Waals surface area contributed by atoms with E-state index in [0.29, 0.717) is 5.56 Å². The van der Waals surface area contributed by atoms with Gasteiger partial charge in [0.25, 0.3) is 0 Å². The number of H-pyrrole nitrogens is 1. The highest BCUT2D eigenvalue weighted by Crippen LogP contribution is 2.30. The van der Waals surface area contributed by atoms with Crippen LogP contribution < -0.4 is 0 Å². The van der Waals surface area contributed by atoms with Gasteiger partial charge >= 0.3 is 5.97 Å². The van der Waals surface area contributed by atoms with E-state index in [1.54, 1.807) is 12.1 Å². The van der Waals surface area contributed by atoms with Crippen molar-refractivity contribution in [3.63, 3.8) is 0 Å². The topological polar surface area (TPSA) is 53.1 Å².